The van der Waals surface area contributed by atoms with Gasteiger partial charge in [0.05, 0.1) is 12.6 Å². The Balaban J connectivity index is 1.91. The van der Waals surface area contributed by atoms with Crippen molar-refractivity contribution < 1.29 is 9.53 Å². The fourth-order valence-corrected chi connectivity index (χ4v) is 3.09. The number of thiophene rings is 1. The van der Waals surface area contributed by atoms with Crippen molar-refractivity contribution in [3.63, 3.8) is 0 Å². The molecule has 0 radical (unpaired) electrons. The normalized spacial score (nSPS) is 19.4. The Morgan fingerprint density at radius 2 is 2.36 bits per heavy atom. The minimum atomic E-state index is -0.00222. The van der Waals surface area contributed by atoms with E-state index in [9.17, 15) is 4.79 Å². The summed E-state index contributed by atoms with van der Waals surface area (Å²) in [4.78, 5) is 17.7. The van der Waals surface area contributed by atoms with E-state index in [2.05, 4.69) is 23.2 Å². The average molecular weight is 325 g/mol. The zero-order valence-corrected chi connectivity index (χ0v) is 14.6. The van der Waals surface area contributed by atoms with Gasteiger partial charge in [-0.3, -0.25) is 0 Å². The van der Waals surface area contributed by atoms with Crippen LogP contribution in [0.3, 0.4) is 0 Å². The van der Waals surface area contributed by atoms with Gasteiger partial charge in [0.2, 0.25) is 0 Å². The molecular weight excluding hydrogens is 298 g/mol. The quantitative estimate of drug-likeness (QED) is 0.837. The van der Waals surface area contributed by atoms with Gasteiger partial charge in [-0.1, -0.05) is 6.07 Å². The Morgan fingerprint density at radius 3 is 2.95 bits per heavy atom. The molecule has 2 rings (SSSR count). The Bertz CT molecular complexity index is 444. The number of hydrogen-bond acceptors (Lipinski definition) is 4. The maximum Gasteiger partial charge on any atom is 0.317 e. The molecule has 2 atom stereocenters. The van der Waals surface area contributed by atoms with Gasteiger partial charge in [-0.15, -0.1) is 11.3 Å². The third-order valence-corrected chi connectivity index (χ3v) is 4.95. The molecule has 1 aromatic heterocycles. The third-order valence-electron chi connectivity index (χ3n) is 4.09. The van der Waals surface area contributed by atoms with Gasteiger partial charge in [0.1, 0.15) is 0 Å². The average Bonchev–Trinajstić information content (AvgIpc) is 3.17. The predicted octanol–water partition coefficient (Wildman–Crippen LogP) is 2.39. The van der Waals surface area contributed by atoms with Crippen LogP contribution in [0.25, 0.3) is 0 Å². The highest BCUT2D eigenvalue weighted by Gasteiger charge is 2.23. The number of nitrogens with zero attached hydrogens (tertiary/aromatic N) is 2. The molecule has 1 aliphatic heterocycles. The highest BCUT2D eigenvalue weighted by molar-refractivity contribution is 7.09. The van der Waals surface area contributed by atoms with E-state index in [0.717, 1.165) is 19.4 Å². The summed E-state index contributed by atoms with van der Waals surface area (Å²) in [6.07, 6.45) is 2.32. The van der Waals surface area contributed by atoms with Gasteiger partial charge in [-0.2, -0.15) is 0 Å². The standard InChI is InChI=1S/C16H27N3O2S/c1-13(18(2)3)10-17-16(20)19(11-14-6-4-8-21-14)12-15-7-5-9-22-15/h5,7,9,13-14H,4,6,8,10-12H2,1-3H3,(H,17,20). The maximum absolute atomic E-state index is 12.5. The van der Waals surface area contributed by atoms with E-state index in [4.69, 9.17) is 4.74 Å². The Labute approximate surface area is 137 Å². The summed E-state index contributed by atoms with van der Waals surface area (Å²) in [5.74, 6) is 0. The number of likely N-dealkylation sites (N-methyl/N-ethyl adjacent to an activating group) is 1. The van der Waals surface area contributed by atoms with Gasteiger partial charge in [0.15, 0.2) is 0 Å². The van der Waals surface area contributed by atoms with Gasteiger partial charge in [0, 0.05) is 30.6 Å². The molecule has 1 aromatic rings. The van der Waals surface area contributed by atoms with Crippen molar-refractivity contribution in [2.75, 3.05) is 33.8 Å². The van der Waals surface area contributed by atoms with Crippen LogP contribution < -0.4 is 5.32 Å². The zero-order chi connectivity index (χ0) is 15.9. The fraction of sp³-hybridized carbons (Fsp3) is 0.688. The van der Waals surface area contributed by atoms with Gasteiger partial charge in [0.25, 0.3) is 0 Å². The van der Waals surface area contributed by atoms with Crippen LogP contribution in [0.2, 0.25) is 0 Å². The van der Waals surface area contributed by atoms with Crippen LogP contribution in [0, 0.1) is 0 Å². The number of carbonyl (C=O) groups excluding carboxylic acids is 1. The Kier molecular flexibility index (Phi) is 6.67. The van der Waals surface area contributed by atoms with Crippen molar-refractivity contribution in [2.45, 2.75) is 38.5 Å². The first kappa shape index (κ1) is 17.2. The van der Waals surface area contributed by atoms with E-state index in [-0.39, 0.29) is 12.1 Å². The largest absolute Gasteiger partial charge is 0.376 e. The maximum atomic E-state index is 12.5. The molecule has 0 saturated carbocycles. The van der Waals surface area contributed by atoms with Gasteiger partial charge < -0.3 is 19.9 Å². The molecule has 5 nitrogen and oxygen atoms in total. The van der Waals surface area contributed by atoms with Crippen molar-refractivity contribution in [2.24, 2.45) is 0 Å². The first-order valence-corrected chi connectivity index (χ1v) is 8.77. The van der Waals surface area contributed by atoms with E-state index in [1.807, 2.05) is 30.4 Å². The second kappa shape index (κ2) is 8.50. The highest BCUT2D eigenvalue weighted by atomic mass is 32.1. The van der Waals surface area contributed by atoms with Gasteiger partial charge in [-0.25, -0.2) is 4.79 Å². The highest BCUT2D eigenvalue weighted by Crippen LogP contribution is 2.17. The number of ether oxygens (including phenoxy) is 1. The Hall–Kier alpha value is -1.11. The van der Waals surface area contributed by atoms with E-state index >= 15 is 0 Å². The molecule has 0 bridgehead atoms. The number of carbonyl (C=O) groups is 1. The van der Waals surface area contributed by atoms with E-state index in [1.165, 1.54) is 4.88 Å². The molecule has 1 fully saturated rings. The van der Waals surface area contributed by atoms with Crippen LogP contribution in [0.5, 0.6) is 0 Å². The molecule has 2 amide bonds. The molecule has 0 aromatic carbocycles. The van der Waals surface area contributed by atoms with Crippen molar-refractivity contribution >= 4 is 17.4 Å². The number of rotatable bonds is 7. The first-order valence-electron chi connectivity index (χ1n) is 7.89. The topological polar surface area (TPSA) is 44.8 Å². The second-order valence-electron chi connectivity index (χ2n) is 6.09. The lowest BCUT2D eigenvalue weighted by atomic mass is 10.2. The lowest BCUT2D eigenvalue weighted by Gasteiger charge is -2.27. The van der Waals surface area contributed by atoms with Crippen LogP contribution in [0.1, 0.15) is 24.6 Å². The van der Waals surface area contributed by atoms with E-state index in [1.54, 1.807) is 11.3 Å². The summed E-state index contributed by atoms with van der Waals surface area (Å²) in [5.41, 5.74) is 0. The minimum Gasteiger partial charge on any atom is -0.376 e. The summed E-state index contributed by atoms with van der Waals surface area (Å²) >= 11 is 1.69. The summed E-state index contributed by atoms with van der Waals surface area (Å²) < 4.78 is 5.69. The number of nitrogens with one attached hydrogen (secondary N) is 1. The summed E-state index contributed by atoms with van der Waals surface area (Å²) in [5, 5.41) is 5.09. The van der Waals surface area contributed by atoms with Crippen molar-refractivity contribution in [1.82, 2.24) is 15.1 Å². The van der Waals surface area contributed by atoms with Crippen LogP contribution in [-0.2, 0) is 11.3 Å². The molecule has 6 heteroatoms. The van der Waals surface area contributed by atoms with Gasteiger partial charge in [-0.05, 0) is 45.3 Å². The zero-order valence-electron chi connectivity index (χ0n) is 13.7. The first-order chi connectivity index (χ1) is 10.6. The third kappa shape index (κ3) is 5.26. The SMILES string of the molecule is CC(CNC(=O)N(Cc1cccs1)CC1CCCO1)N(C)C. The van der Waals surface area contributed by atoms with Crippen LogP contribution >= 0.6 is 11.3 Å². The lowest BCUT2D eigenvalue weighted by Crippen LogP contribution is -2.46. The predicted molar refractivity (Wildman–Crippen MR) is 90.3 cm³/mol. The molecular formula is C16H27N3O2S. The number of amides is 2. The molecule has 2 unspecified atom stereocenters. The van der Waals surface area contributed by atoms with E-state index in [0.29, 0.717) is 25.7 Å². The second-order valence-corrected chi connectivity index (χ2v) is 7.13. The number of urea groups is 1. The molecule has 124 valence electrons. The lowest BCUT2D eigenvalue weighted by molar-refractivity contribution is 0.0794. The van der Waals surface area contributed by atoms with E-state index < -0.39 is 0 Å². The van der Waals surface area contributed by atoms with Crippen molar-refractivity contribution in [3.05, 3.63) is 22.4 Å². The fourth-order valence-electron chi connectivity index (χ4n) is 2.37. The Morgan fingerprint density at radius 1 is 1.55 bits per heavy atom. The van der Waals surface area contributed by atoms with Crippen LogP contribution in [0.4, 0.5) is 4.79 Å². The molecule has 1 N–H and O–H groups in total. The van der Waals surface area contributed by atoms with Crippen molar-refractivity contribution in [3.8, 4) is 0 Å². The van der Waals surface area contributed by atoms with Gasteiger partial charge >= 0.3 is 6.03 Å². The minimum absolute atomic E-state index is 0.00222. The van der Waals surface area contributed by atoms with Crippen LogP contribution in [-0.4, -0.2) is 61.8 Å². The monoisotopic (exact) mass is 325 g/mol. The molecule has 22 heavy (non-hydrogen) atoms. The summed E-state index contributed by atoms with van der Waals surface area (Å²) in [7, 11) is 4.04. The molecule has 1 saturated heterocycles. The molecule has 0 spiro atoms. The number of hydrogen-bond donors (Lipinski definition) is 1. The van der Waals surface area contributed by atoms with Crippen molar-refractivity contribution in [1.29, 1.82) is 0 Å². The smallest absolute Gasteiger partial charge is 0.317 e. The summed E-state index contributed by atoms with van der Waals surface area (Å²) in [6.45, 7) is 4.89. The molecule has 1 aliphatic rings. The molecule has 0 aliphatic carbocycles. The summed E-state index contributed by atoms with van der Waals surface area (Å²) in [6, 6.07) is 4.41. The van der Waals surface area contributed by atoms with Crippen LogP contribution in [0.15, 0.2) is 17.5 Å². The molecule has 2 heterocycles.